The van der Waals surface area contributed by atoms with Crippen molar-refractivity contribution >= 4 is 11.8 Å². The second-order valence-corrected chi connectivity index (χ2v) is 3.40. The van der Waals surface area contributed by atoms with Gasteiger partial charge in [-0.15, -0.1) is 0 Å². The van der Waals surface area contributed by atoms with Crippen LogP contribution in [0.3, 0.4) is 0 Å². The molecule has 2 unspecified atom stereocenters. The van der Waals surface area contributed by atoms with E-state index in [2.05, 4.69) is 27.3 Å². The predicted octanol–water partition coefficient (Wildman–Crippen LogP) is -0.472. The monoisotopic (exact) mass is 199 g/mol. The number of hydrogen-bond acceptors (Lipinski definition) is 5. The Kier molecular flexibility index (Phi) is 3.88. The van der Waals surface area contributed by atoms with E-state index in [0.29, 0.717) is 12.6 Å². The van der Waals surface area contributed by atoms with Crippen LogP contribution < -0.4 is 10.6 Å². The SMILES string of the molecule is CNC(C)CC1=NCC(C(=O)OC)N1. The van der Waals surface area contributed by atoms with Crippen molar-refractivity contribution in [2.24, 2.45) is 4.99 Å². The number of rotatable bonds is 4. The lowest BCUT2D eigenvalue weighted by Crippen LogP contribution is -2.39. The Morgan fingerprint density at radius 2 is 2.57 bits per heavy atom. The first-order valence-corrected chi connectivity index (χ1v) is 4.72. The van der Waals surface area contributed by atoms with Crippen LogP contribution in [0.2, 0.25) is 0 Å². The van der Waals surface area contributed by atoms with Gasteiger partial charge in [-0.1, -0.05) is 0 Å². The summed E-state index contributed by atoms with van der Waals surface area (Å²) in [6.07, 6.45) is 0.810. The van der Waals surface area contributed by atoms with Gasteiger partial charge in [0.15, 0.2) is 0 Å². The van der Waals surface area contributed by atoms with E-state index in [1.807, 2.05) is 7.05 Å². The third-order valence-corrected chi connectivity index (χ3v) is 2.28. The molecule has 1 rings (SSSR count). The minimum atomic E-state index is -0.293. The lowest BCUT2D eigenvalue weighted by Gasteiger charge is -2.12. The molecule has 5 heteroatoms. The van der Waals surface area contributed by atoms with Crippen LogP contribution >= 0.6 is 0 Å². The Balaban J connectivity index is 2.36. The van der Waals surface area contributed by atoms with Gasteiger partial charge in [0, 0.05) is 12.5 Å². The largest absolute Gasteiger partial charge is 0.467 e. The maximum absolute atomic E-state index is 11.1. The molecule has 80 valence electrons. The molecule has 2 atom stereocenters. The van der Waals surface area contributed by atoms with Crippen molar-refractivity contribution < 1.29 is 9.53 Å². The van der Waals surface area contributed by atoms with Crippen LogP contribution in [0.15, 0.2) is 4.99 Å². The first kappa shape index (κ1) is 11.0. The molecule has 0 aliphatic carbocycles. The van der Waals surface area contributed by atoms with E-state index in [-0.39, 0.29) is 12.0 Å². The van der Waals surface area contributed by atoms with Crippen LogP contribution in [-0.4, -0.2) is 44.6 Å². The van der Waals surface area contributed by atoms with E-state index in [4.69, 9.17) is 0 Å². The quantitative estimate of drug-likeness (QED) is 0.601. The number of nitrogens with zero attached hydrogens (tertiary/aromatic N) is 1. The summed E-state index contributed by atoms with van der Waals surface area (Å²) in [5, 5.41) is 6.16. The van der Waals surface area contributed by atoms with Gasteiger partial charge < -0.3 is 15.4 Å². The van der Waals surface area contributed by atoms with Gasteiger partial charge >= 0.3 is 5.97 Å². The molecule has 5 nitrogen and oxygen atoms in total. The Morgan fingerprint density at radius 3 is 3.14 bits per heavy atom. The van der Waals surface area contributed by atoms with Crippen molar-refractivity contribution in [2.75, 3.05) is 20.7 Å². The zero-order valence-electron chi connectivity index (χ0n) is 8.83. The van der Waals surface area contributed by atoms with E-state index >= 15 is 0 Å². The molecule has 0 fully saturated rings. The molecule has 1 heterocycles. The van der Waals surface area contributed by atoms with E-state index < -0.39 is 0 Å². The molecule has 0 bridgehead atoms. The fourth-order valence-electron chi connectivity index (χ4n) is 1.29. The number of amidine groups is 1. The summed E-state index contributed by atoms with van der Waals surface area (Å²) in [5.41, 5.74) is 0. The smallest absolute Gasteiger partial charge is 0.330 e. The average Bonchev–Trinajstić information content (AvgIpc) is 2.65. The van der Waals surface area contributed by atoms with E-state index in [1.54, 1.807) is 0 Å². The molecule has 0 amide bonds. The summed E-state index contributed by atoms with van der Waals surface area (Å²) in [4.78, 5) is 15.4. The van der Waals surface area contributed by atoms with Crippen LogP contribution in [0.5, 0.6) is 0 Å². The van der Waals surface area contributed by atoms with Gasteiger partial charge in [0.1, 0.15) is 6.04 Å². The van der Waals surface area contributed by atoms with Crippen LogP contribution in [0.25, 0.3) is 0 Å². The highest BCUT2D eigenvalue weighted by Crippen LogP contribution is 2.02. The van der Waals surface area contributed by atoms with Gasteiger partial charge in [-0.05, 0) is 14.0 Å². The molecule has 0 saturated heterocycles. The zero-order valence-corrected chi connectivity index (χ0v) is 8.83. The highest BCUT2D eigenvalue weighted by atomic mass is 16.5. The highest BCUT2D eigenvalue weighted by Gasteiger charge is 2.25. The van der Waals surface area contributed by atoms with Crippen LogP contribution in [-0.2, 0) is 9.53 Å². The number of hydrogen-bond donors (Lipinski definition) is 2. The molecule has 0 aromatic rings. The van der Waals surface area contributed by atoms with Crippen molar-refractivity contribution in [2.45, 2.75) is 25.4 Å². The first-order valence-electron chi connectivity index (χ1n) is 4.72. The molecule has 0 aromatic heterocycles. The summed E-state index contributed by atoms with van der Waals surface area (Å²) in [5.74, 6) is 0.628. The van der Waals surface area contributed by atoms with Crippen molar-refractivity contribution in [3.63, 3.8) is 0 Å². The van der Waals surface area contributed by atoms with Crippen molar-refractivity contribution in [1.29, 1.82) is 0 Å². The third kappa shape index (κ3) is 2.70. The van der Waals surface area contributed by atoms with Crippen molar-refractivity contribution in [3.05, 3.63) is 0 Å². The number of aliphatic imine (C=N–C) groups is 1. The van der Waals surface area contributed by atoms with E-state index in [9.17, 15) is 4.79 Å². The number of carbonyl (C=O) groups excluding carboxylic acids is 1. The fourth-order valence-corrected chi connectivity index (χ4v) is 1.29. The Hall–Kier alpha value is -1.10. The standard InChI is InChI=1S/C9H17N3O2/c1-6(10-2)4-8-11-5-7(12-8)9(13)14-3/h6-7,10H,4-5H2,1-3H3,(H,11,12). The normalized spacial score (nSPS) is 22.5. The van der Waals surface area contributed by atoms with Crippen LogP contribution in [0.1, 0.15) is 13.3 Å². The highest BCUT2D eigenvalue weighted by molar-refractivity contribution is 5.91. The first-order chi connectivity index (χ1) is 6.67. The second-order valence-electron chi connectivity index (χ2n) is 3.40. The van der Waals surface area contributed by atoms with Gasteiger partial charge in [-0.2, -0.15) is 0 Å². The summed E-state index contributed by atoms with van der Waals surface area (Å²) in [6, 6.07) is 0.0664. The van der Waals surface area contributed by atoms with Crippen LogP contribution in [0, 0.1) is 0 Å². The molecule has 0 spiro atoms. The Bertz CT molecular complexity index is 240. The van der Waals surface area contributed by atoms with Gasteiger partial charge in [0.05, 0.1) is 19.5 Å². The molecule has 0 aromatic carbocycles. The second kappa shape index (κ2) is 4.95. The lowest BCUT2D eigenvalue weighted by molar-refractivity contribution is -0.142. The molecule has 14 heavy (non-hydrogen) atoms. The number of ether oxygens (including phenoxy) is 1. The summed E-state index contributed by atoms with van der Waals surface area (Å²) in [6.45, 7) is 2.55. The molecule has 0 radical (unpaired) electrons. The Morgan fingerprint density at radius 1 is 1.86 bits per heavy atom. The van der Waals surface area contributed by atoms with Gasteiger partial charge in [0.25, 0.3) is 0 Å². The van der Waals surface area contributed by atoms with Crippen LogP contribution in [0.4, 0.5) is 0 Å². The molecule has 2 N–H and O–H groups in total. The molecule has 1 aliphatic heterocycles. The summed E-state index contributed by atoms with van der Waals surface area (Å²) in [7, 11) is 3.29. The number of nitrogens with one attached hydrogen (secondary N) is 2. The number of esters is 1. The van der Waals surface area contributed by atoms with E-state index in [1.165, 1.54) is 7.11 Å². The summed E-state index contributed by atoms with van der Waals surface area (Å²) >= 11 is 0. The topological polar surface area (TPSA) is 62.7 Å². The predicted molar refractivity (Wildman–Crippen MR) is 54.4 cm³/mol. The van der Waals surface area contributed by atoms with Gasteiger partial charge in [-0.3, -0.25) is 4.99 Å². The average molecular weight is 199 g/mol. The van der Waals surface area contributed by atoms with Crippen molar-refractivity contribution in [3.8, 4) is 0 Å². The minimum absolute atomic E-state index is 0.249. The molecular formula is C9H17N3O2. The molecule has 1 aliphatic rings. The van der Waals surface area contributed by atoms with Gasteiger partial charge in [-0.25, -0.2) is 4.79 Å². The Labute approximate surface area is 83.9 Å². The zero-order chi connectivity index (χ0) is 10.6. The lowest BCUT2D eigenvalue weighted by atomic mass is 10.2. The maximum Gasteiger partial charge on any atom is 0.330 e. The van der Waals surface area contributed by atoms with Gasteiger partial charge in [0.2, 0.25) is 0 Å². The third-order valence-electron chi connectivity index (χ3n) is 2.28. The number of methoxy groups -OCH3 is 1. The minimum Gasteiger partial charge on any atom is -0.467 e. The molecular weight excluding hydrogens is 182 g/mol. The summed E-state index contributed by atoms with van der Waals surface area (Å²) < 4.78 is 4.62. The molecule has 0 saturated carbocycles. The maximum atomic E-state index is 11.1. The van der Waals surface area contributed by atoms with E-state index in [0.717, 1.165) is 12.3 Å². The van der Waals surface area contributed by atoms with Crippen molar-refractivity contribution in [1.82, 2.24) is 10.6 Å². The number of carbonyl (C=O) groups is 1. The fraction of sp³-hybridized carbons (Fsp3) is 0.778.